The Kier molecular flexibility index (Phi) is 3.95. The average Bonchev–Trinajstić information content (AvgIpc) is 2.81. The first-order chi connectivity index (χ1) is 7.96. The van der Waals surface area contributed by atoms with Crippen molar-refractivity contribution in [2.75, 3.05) is 18.1 Å². The van der Waals surface area contributed by atoms with Gasteiger partial charge >= 0.3 is 0 Å². The van der Waals surface area contributed by atoms with E-state index in [-0.39, 0.29) is 12.0 Å². The van der Waals surface area contributed by atoms with Gasteiger partial charge in [0, 0.05) is 0 Å². The molecule has 0 bridgehead atoms. The molecule has 0 spiro atoms. The highest BCUT2D eigenvalue weighted by Crippen LogP contribution is 2.22. The van der Waals surface area contributed by atoms with Gasteiger partial charge in [-0.2, -0.15) is 0 Å². The third kappa shape index (κ3) is 3.56. The van der Waals surface area contributed by atoms with Gasteiger partial charge in [-0.25, -0.2) is 8.42 Å². The lowest BCUT2D eigenvalue weighted by atomic mass is 10.1. The summed E-state index contributed by atoms with van der Waals surface area (Å²) in [5, 5.41) is 3.31. The lowest BCUT2D eigenvalue weighted by Crippen LogP contribution is -2.26. The Labute approximate surface area is 110 Å². The summed E-state index contributed by atoms with van der Waals surface area (Å²) in [5.41, 5.74) is 0. The highest BCUT2D eigenvalue weighted by Gasteiger charge is 2.27. The minimum Gasteiger partial charge on any atom is -0.453 e. The van der Waals surface area contributed by atoms with Gasteiger partial charge in [-0.3, -0.25) is 0 Å². The average molecular weight is 322 g/mol. The van der Waals surface area contributed by atoms with Crippen LogP contribution in [-0.4, -0.2) is 26.5 Å². The highest BCUT2D eigenvalue weighted by atomic mass is 79.9. The molecule has 1 aliphatic heterocycles. The van der Waals surface area contributed by atoms with E-state index in [4.69, 9.17) is 4.42 Å². The smallest absolute Gasteiger partial charge is 0.169 e. The van der Waals surface area contributed by atoms with E-state index in [0.717, 1.165) is 18.7 Å². The van der Waals surface area contributed by atoms with Crippen LogP contribution in [0.15, 0.2) is 21.2 Å². The van der Waals surface area contributed by atoms with Gasteiger partial charge in [-0.1, -0.05) is 0 Å². The van der Waals surface area contributed by atoms with Crippen LogP contribution in [0.25, 0.3) is 0 Å². The van der Waals surface area contributed by atoms with Gasteiger partial charge in [0.1, 0.15) is 5.76 Å². The summed E-state index contributed by atoms with van der Waals surface area (Å²) in [6, 6.07) is 3.87. The molecule has 0 radical (unpaired) electrons. The highest BCUT2D eigenvalue weighted by molar-refractivity contribution is 9.10. The summed E-state index contributed by atoms with van der Waals surface area (Å²) in [5.74, 6) is 1.74. The molecule has 1 aromatic rings. The number of rotatable bonds is 4. The molecule has 0 aromatic carbocycles. The molecule has 0 aliphatic carbocycles. The van der Waals surface area contributed by atoms with Crippen LogP contribution in [0.2, 0.25) is 0 Å². The summed E-state index contributed by atoms with van der Waals surface area (Å²) in [4.78, 5) is 0. The van der Waals surface area contributed by atoms with E-state index in [9.17, 15) is 8.42 Å². The molecule has 1 saturated heterocycles. The standard InChI is InChI=1S/C11H16BrNO3S/c1-8(10-2-3-11(12)16-10)13-6-9-4-5-17(14,15)7-9/h2-3,8-9,13H,4-7H2,1H3. The van der Waals surface area contributed by atoms with E-state index in [2.05, 4.69) is 21.2 Å². The summed E-state index contributed by atoms with van der Waals surface area (Å²) in [7, 11) is -2.77. The van der Waals surface area contributed by atoms with Crippen LogP contribution in [0.3, 0.4) is 0 Å². The molecule has 4 nitrogen and oxygen atoms in total. The Balaban J connectivity index is 1.83. The lowest BCUT2D eigenvalue weighted by molar-refractivity contribution is 0.397. The van der Waals surface area contributed by atoms with Gasteiger partial charge in [0.05, 0.1) is 17.5 Å². The van der Waals surface area contributed by atoms with E-state index in [1.165, 1.54) is 0 Å². The summed E-state index contributed by atoms with van der Waals surface area (Å²) in [6.07, 6.45) is 0.768. The van der Waals surface area contributed by atoms with Crippen LogP contribution in [-0.2, 0) is 9.84 Å². The molecule has 17 heavy (non-hydrogen) atoms. The second-order valence-electron chi connectivity index (χ2n) is 4.54. The fraction of sp³-hybridized carbons (Fsp3) is 0.636. The first kappa shape index (κ1) is 13.1. The zero-order valence-electron chi connectivity index (χ0n) is 9.65. The number of furan rings is 1. The predicted molar refractivity (Wildman–Crippen MR) is 69.6 cm³/mol. The van der Waals surface area contributed by atoms with Crippen LogP contribution < -0.4 is 5.32 Å². The molecular weight excluding hydrogens is 306 g/mol. The summed E-state index contributed by atoms with van der Waals surface area (Å²) < 4.78 is 28.8. The van der Waals surface area contributed by atoms with Crippen LogP contribution in [0.4, 0.5) is 0 Å². The van der Waals surface area contributed by atoms with Crippen molar-refractivity contribution in [3.63, 3.8) is 0 Å². The van der Waals surface area contributed by atoms with Crippen molar-refractivity contribution in [3.05, 3.63) is 22.6 Å². The number of halogens is 1. The molecule has 1 aromatic heterocycles. The van der Waals surface area contributed by atoms with Gasteiger partial charge in [0.2, 0.25) is 0 Å². The number of nitrogens with one attached hydrogen (secondary N) is 1. The molecule has 0 saturated carbocycles. The molecule has 2 unspecified atom stereocenters. The zero-order valence-corrected chi connectivity index (χ0v) is 12.1. The lowest BCUT2D eigenvalue weighted by Gasteiger charge is -2.14. The molecule has 1 aliphatic rings. The normalized spacial score (nSPS) is 24.9. The van der Waals surface area contributed by atoms with Crippen LogP contribution in [0.1, 0.15) is 25.1 Å². The molecule has 2 heterocycles. The van der Waals surface area contributed by atoms with Crippen LogP contribution in [0.5, 0.6) is 0 Å². The Morgan fingerprint density at radius 1 is 1.59 bits per heavy atom. The maximum absolute atomic E-state index is 11.3. The second kappa shape index (κ2) is 5.12. The first-order valence-corrected chi connectivity index (χ1v) is 8.27. The number of hydrogen-bond acceptors (Lipinski definition) is 4. The van der Waals surface area contributed by atoms with E-state index in [0.29, 0.717) is 16.2 Å². The van der Waals surface area contributed by atoms with Gasteiger partial charge in [-0.15, -0.1) is 0 Å². The predicted octanol–water partition coefficient (Wildman–Crippen LogP) is 2.13. The van der Waals surface area contributed by atoms with Gasteiger partial charge in [0.15, 0.2) is 14.5 Å². The SMILES string of the molecule is CC(NCC1CCS(=O)(=O)C1)c1ccc(Br)o1. The summed E-state index contributed by atoms with van der Waals surface area (Å²) >= 11 is 3.26. The third-order valence-corrected chi connectivity index (χ3v) is 5.32. The fourth-order valence-corrected chi connectivity index (χ4v) is 4.22. The molecule has 1 N–H and O–H groups in total. The van der Waals surface area contributed by atoms with E-state index in [1.807, 2.05) is 19.1 Å². The number of hydrogen-bond donors (Lipinski definition) is 1. The van der Waals surface area contributed by atoms with Crippen molar-refractivity contribution < 1.29 is 12.8 Å². The van der Waals surface area contributed by atoms with Crippen molar-refractivity contribution >= 4 is 25.8 Å². The quantitative estimate of drug-likeness (QED) is 0.922. The van der Waals surface area contributed by atoms with Crippen molar-refractivity contribution in [3.8, 4) is 0 Å². The molecule has 6 heteroatoms. The molecular formula is C11H16BrNO3S. The van der Waals surface area contributed by atoms with E-state index < -0.39 is 9.84 Å². The Hall–Kier alpha value is -0.330. The first-order valence-electron chi connectivity index (χ1n) is 5.65. The minimum absolute atomic E-state index is 0.101. The zero-order chi connectivity index (χ0) is 12.5. The maximum atomic E-state index is 11.3. The van der Waals surface area contributed by atoms with Crippen molar-refractivity contribution in [1.82, 2.24) is 5.32 Å². The molecule has 0 amide bonds. The topological polar surface area (TPSA) is 59.3 Å². The molecule has 2 rings (SSSR count). The minimum atomic E-state index is -2.77. The molecule has 2 atom stereocenters. The van der Waals surface area contributed by atoms with Crippen LogP contribution in [0, 0.1) is 5.92 Å². The Morgan fingerprint density at radius 3 is 2.88 bits per heavy atom. The Bertz CT molecular complexity index is 483. The second-order valence-corrected chi connectivity index (χ2v) is 7.55. The van der Waals surface area contributed by atoms with Crippen molar-refractivity contribution in [1.29, 1.82) is 0 Å². The Morgan fingerprint density at radius 2 is 2.35 bits per heavy atom. The maximum Gasteiger partial charge on any atom is 0.169 e. The summed E-state index contributed by atoms with van der Waals surface area (Å²) in [6.45, 7) is 2.73. The largest absolute Gasteiger partial charge is 0.453 e. The van der Waals surface area contributed by atoms with Crippen LogP contribution >= 0.6 is 15.9 Å². The van der Waals surface area contributed by atoms with Gasteiger partial charge in [0.25, 0.3) is 0 Å². The van der Waals surface area contributed by atoms with Crippen molar-refractivity contribution in [2.24, 2.45) is 5.92 Å². The molecule has 96 valence electrons. The monoisotopic (exact) mass is 321 g/mol. The van der Waals surface area contributed by atoms with Gasteiger partial charge < -0.3 is 9.73 Å². The fourth-order valence-electron chi connectivity index (χ4n) is 2.04. The van der Waals surface area contributed by atoms with E-state index in [1.54, 1.807) is 0 Å². The van der Waals surface area contributed by atoms with E-state index >= 15 is 0 Å². The van der Waals surface area contributed by atoms with Crippen molar-refractivity contribution in [2.45, 2.75) is 19.4 Å². The molecule has 1 fully saturated rings. The van der Waals surface area contributed by atoms with Gasteiger partial charge in [-0.05, 0) is 53.9 Å². The number of sulfone groups is 1. The third-order valence-electron chi connectivity index (χ3n) is 3.06.